The molecule has 8 heteroatoms. The van der Waals surface area contributed by atoms with E-state index in [-0.39, 0.29) is 5.69 Å². The van der Waals surface area contributed by atoms with Crippen molar-refractivity contribution in [3.63, 3.8) is 0 Å². The quantitative estimate of drug-likeness (QED) is 0.851. The van der Waals surface area contributed by atoms with Crippen molar-refractivity contribution in [3.05, 3.63) is 21.9 Å². The fraction of sp³-hybridized carbons (Fsp3) is 0.455. The maximum Gasteiger partial charge on any atom is 0.355 e. The van der Waals surface area contributed by atoms with Gasteiger partial charge in [0.2, 0.25) is 5.13 Å². The highest BCUT2D eigenvalue weighted by Gasteiger charge is 2.09. The van der Waals surface area contributed by atoms with Gasteiger partial charge in [-0.25, -0.2) is 14.8 Å². The van der Waals surface area contributed by atoms with Crippen LogP contribution in [0.3, 0.4) is 0 Å². The number of anilines is 1. The maximum absolute atomic E-state index is 10.7. The molecule has 0 atom stereocenters. The van der Waals surface area contributed by atoms with E-state index in [0.717, 1.165) is 16.0 Å². The fourth-order valence-electron chi connectivity index (χ4n) is 1.34. The Hall–Kier alpha value is -1.54. The molecule has 0 bridgehead atoms. The molecule has 0 aliphatic rings. The van der Waals surface area contributed by atoms with Gasteiger partial charge in [0.15, 0.2) is 5.69 Å². The number of nitrogens with one attached hydrogen (secondary N) is 1. The Morgan fingerprint density at radius 3 is 2.84 bits per heavy atom. The molecule has 0 fully saturated rings. The number of carboxylic acids is 1. The van der Waals surface area contributed by atoms with Crippen molar-refractivity contribution < 1.29 is 9.90 Å². The van der Waals surface area contributed by atoms with Crippen molar-refractivity contribution in [2.24, 2.45) is 0 Å². The summed E-state index contributed by atoms with van der Waals surface area (Å²) >= 11 is 2.70. The molecular weight excluding hydrogens is 284 g/mol. The molecule has 0 saturated heterocycles. The van der Waals surface area contributed by atoms with Crippen LogP contribution in [0.25, 0.3) is 0 Å². The van der Waals surface area contributed by atoms with Crippen molar-refractivity contribution in [1.29, 1.82) is 0 Å². The highest BCUT2D eigenvalue weighted by atomic mass is 32.1. The Kier molecular flexibility index (Phi) is 4.43. The van der Waals surface area contributed by atoms with Crippen LogP contribution in [0.4, 0.5) is 5.13 Å². The minimum Gasteiger partial charge on any atom is -0.476 e. The van der Waals surface area contributed by atoms with Crippen molar-refractivity contribution in [2.75, 3.05) is 11.9 Å². The number of aromatic carboxylic acids is 1. The van der Waals surface area contributed by atoms with E-state index in [1.54, 1.807) is 5.38 Å². The smallest absolute Gasteiger partial charge is 0.355 e. The van der Waals surface area contributed by atoms with Crippen LogP contribution in [0.5, 0.6) is 0 Å². The summed E-state index contributed by atoms with van der Waals surface area (Å²) in [6, 6.07) is 0. The van der Waals surface area contributed by atoms with E-state index in [2.05, 4.69) is 33.5 Å². The summed E-state index contributed by atoms with van der Waals surface area (Å²) in [7, 11) is 0. The lowest BCUT2D eigenvalue weighted by Gasteiger charge is -1.99. The SMILES string of the molecule is CC(C)c1nsc(NCCc2nc(C(=O)O)cs2)n1. The third kappa shape index (κ3) is 3.71. The highest BCUT2D eigenvalue weighted by molar-refractivity contribution is 7.10. The molecule has 2 aromatic rings. The number of aromatic nitrogens is 3. The largest absolute Gasteiger partial charge is 0.476 e. The molecule has 2 aromatic heterocycles. The van der Waals surface area contributed by atoms with E-state index < -0.39 is 5.97 Å². The zero-order valence-corrected chi connectivity index (χ0v) is 12.2. The minimum absolute atomic E-state index is 0.109. The summed E-state index contributed by atoms with van der Waals surface area (Å²) in [5.74, 6) is 0.181. The standard InChI is InChI=1S/C11H14N4O2S2/c1-6(2)9-14-11(19-15-9)12-4-3-8-13-7(5-18-8)10(16)17/h5-6H,3-4H2,1-2H3,(H,16,17)(H,12,14,15). The molecule has 2 N–H and O–H groups in total. The molecule has 0 aliphatic heterocycles. The number of rotatable bonds is 6. The topological polar surface area (TPSA) is 88.0 Å². The Bertz CT molecular complexity index is 565. The Morgan fingerprint density at radius 1 is 1.47 bits per heavy atom. The van der Waals surface area contributed by atoms with E-state index in [1.165, 1.54) is 22.9 Å². The molecule has 0 amide bonds. The number of hydrogen-bond acceptors (Lipinski definition) is 7. The second-order valence-electron chi connectivity index (χ2n) is 4.22. The summed E-state index contributed by atoms with van der Waals surface area (Å²) in [6.45, 7) is 4.77. The van der Waals surface area contributed by atoms with Gasteiger partial charge in [-0.1, -0.05) is 13.8 Å². The molecule has 102 valence electrons. The van der Waals surface area contributed by atoms with Gasteiger partial charge in [0.25, 0.3) is 0 Å². The lowest BCUT2D eigenvalue weighted by molar-refractivity contribution is 0.0691. The molecule has 0 aliphatic carbocycles. The van der Waals surface area contributed by atoms with Gasteiger partial charge < -0.3 is 10.4 Å². The molecule has 0 radical (unpaired) electrons. The molecule has 0 saturated carbocycles. The number of carbonyl (C=O) groups is 1. The first-order chi connectivity index (χ1) is 9.06. The zero-order chi connectivity index (χ0) is 13.8. The van der Waals surface area contributed by atoms with Crippen LogP contribution in [-0.4, -0.2) is 32.0 Å². The van der Waals surface area contributed by atoms with Gasteiger partial charge >= 0.3 is 5.97 Å². The zero-order valence-electron chi connectivity index (χ0n) is 10.6. The molecule has 0 unspecified atom stereocenters. The highest BCUT2D eigenvalue weighted by Crippen LogP contribution is 2.17. The number of hydrogen-bond donors (Lipinski definition) is 2. The molecule has 0 aromatic carbocycles. The van der Waals surface area contributed by atoms with Crippen LogP contribution in [0.2, 0.25) is 0 Å². The van der Waals surface area contributed by atoms with E-state index in [1.807, 2.05) is 0 Å². The van der Waals surface area contributed by atoms with Gasteiger partial charge in [-0.2, -0.15) is 4.37 Å². The predicted molar refractivity (Wildman–Crippen MR) is 75.3 cm³/mol. The molecule has 2 heterocycles. The van der Waals surface area contributed by atoms with Crippen LogP contribution in [-0.2, 0) is 6.42 Å². The van der Waals surface area contributed by atoms with Crippen molar-refractivity contribution in [3.8, 4) is 0 Å². The van der Waals surface area contributed by atoms with Gasteiger partial charge in [-0.3, -0.25) is 0 Å². The predicted octanol–water partition coefficient (Wildman–Crippen LogP) is 2.47. The maximum atomic E-state index is 10.7. The molecule has 19 heavy (non-hydrogen) atoms. The number of thiazole rings is 1. The van der Waals surface area contributed by atoms with E-state index >= 15 is 0 Å². The van der Waals surface area contributed by atoms with E-state index in [9.17, 15) is 4.79 Å². The van der Waals surface area contributed by atoms with Crippen LogP contribution in [0.1, 0.15) is 41.1 Å². The lowest BCUT2D eigenvalue weighted by Crippen LogP contribution is -2.05. The second kappa shape index (κ2) is 6.07. The van der Waals surface area contributed by atoms with Crippen molar-refractivity contribution in [1.82, 2.24) is 14.3 Å². The van der Waals surface area contributed by atoms with Crippen LogP contribution in [0.15, 0.2) is 5.38 Å². The average molecular weight is 298 g/mol. The first-order valence-electron chi connectivity index (χ1n) is 5.81. The van der Waals surface area contributed by atoms with Gasteiger partial charge in [-0.15, -0.1) is 11.3 Å². The molecular formula is C11H14N4O2S2. The minimum atomic E-state index is -0.985. The molecule has 2 rings (SSSR count). The summed E-state index contributed by atoms with van der Waals surface area (Å²) in [6.07, 6.45) is 0.675. The third-order valence-electron chi connectivity index (χ3n) is 2.34. The third-order valence-corrected chi connectivity index (χ3v) is 3.94. The Labute approximate surface area is 118 Å². The summed E-state index contributed by atoms with van der Waals surface area (Å²) < 4.78 is 4.25. The first-order valence-corrected chi connectivity index (χ1v) is 7.46. The fourth-order valence-corrected chi connectivity index (χ4v) is 2.85. The van der Waals surface area contributed by atoms with Gasteiger partial charge in [0.1, 0.15) is 5.82 Å². The summed E-state index contributed by atoms with van der Waals surface area (Å²) in [5.41, 5.74) is 0.109. The van der Waals surface area contributed by atoms with Crippen LogP contribution in [0, 0.1) is 0 Å². The van der Waals surface area contributed by atoms with Gasteiger partial charge in [0.05, 0.1) is 5.01 Å². The van der Waals surface area contributed by atoms with Gasteiger partial charge in [-0.05, 0) is 0 Å². The Balaban J connectivity index is 1.83. The normalized spacial score (nSPS) is 10.9. The first kappa shape index (κ1) is 13.9. The van der Waals surface area contributed by atoms with E-state index in [4.69, 9.17) is 5.11 Å². The van der Waals surface area contributed by atoms with Crippen molar-refractivity contribution in [2.45, 2.75) is 26.2 Å². The summed E-state index contributed by atoms with van der Waals surface area (Å²) in [5, 5.41) is 15.1. The molecule has 0 spiro atoms. The monoisotopic (exact) mass is 298 g/mol. The van der Waals surface area contributed by atoms with Gasteiger partial charge in [0, 0.05) is 35.8 Å². The van der Waals surface area contributed by atoms with Crippen LogP contribution < -0.4 is 5.32 Å². The summed E-state index contributed by atoms with van der Waals surface area (Å²) in [4.78, 5) is 19.1. The Morgan fingerprint density at radius 2 is 2.26 bits per heavy atom. The average Bonchev–Trinajstić information content (AvgIpc) is 2.97. The van der Waals surface area contributed by atoms with Crippen LogP contribution >= 0.6 is 22.9 Å². The van der Waals surface area contributed by atoms with Crippen molar-refractivity contribution >= 4 is 34.0 Å². The second-order valence-corrected chi connectivity index (χ2v) is 5.92. The lowest BCUT2D eigenvalue weighted by atomic mass is 10.2. The number of carboxylic acid groups (broad SMARTS) is 1. The van der Waals surface area contributed by atoms with E-state index in [0.29, 0.717) is 18.9 Å². The number of nitrogens with zero attached hydrogens (tertiary/aromatic N) is 3. The molecule has 6 nitrogen and oxygen atoms in total.